The van der Waals surface area contributed by atoms with Gasteiger partial charge >= 0.3 is 11.9 Å². The predicted octanol–water partition coefficient (Wildman–Crippen LogP) is 0.0979. The molecule has 1 rings (SSSR count). The lowest BCUT2D eigenvalue weighted by molar-refractivity contribution is 0.0510. The molecule has 0 aliphatic carbocycles. The molecule has 0 atom stereocenters. The average Bonchev–Trinajstić information content (AvgIpc) is 2.31. The molecule has 2 radical (unpaired) electrons. The number of hydrogen-bond acceptors (Lipinski definition) is 4. The van der Waals surface area contributed by atoms with Crippen molar-refractivity contribution in [3.8, 4) is 0 Å². The number of pyridine rings is 1. The largest absolute Gasteiger partial charge is 0.477 e. The number of carboxylic acids is 1. The fourth-order valence-corrected chi connectivity index (χ4v) is 1.63. The first-order valence-electron chi connectivity index (χ1n) is 5.76. The Morgan fingerprint density at radius 1 is 1.47 bits per heavy atom. The molecule has 0 fully saturated rings. The fraction of sp³-hybridized carbons (Fsp3) is 0.417. The Bertz CT molecular complexity index is 576. The topological polar surface area (TPSA) is 85.6 Å². The summed E-state index contributed by atoms with van der Waals surface area (Å²) in [5, 5.41) is 8.94. The zero-order chi connectivity index (χ0) is 14.7. The number of rotatable bonds is 4. The Morgan fingerprint density at radius 2 is 2.05 bits per heavy atom. The summed E-state index contributed by atoms with van der Waals surface area (Å²) >= 11 is 0. The van der Waals surface area contributed by atoms with Crippen molar-refractivity contribution in [2.75, 3.05) is 6.61 Å². The van der Waals surface area contributed by atoms with Gasteiger partial charge < -0.3 is 14.4 Å². The lowest BCUT2D eigenvalue weighted by Gasteiger charge is -2.19. The van der Waals surface area contributed by atoms with Gasteiger partial charge in [-0.05, 0) is 26.2 Å². The summed E-state index contributed by atoms with van der Waals surface area (Å²) in [6.07, 6.45) is 1.11. The van der Waals surface area contributed by atoms with E-state index < -0.39 is 28.4 Å². The van der Waals surface area contributed by atoms with Gasteiger partial charge in [0.25, 0.3) is 0 Å². The molecule has 0 aliphatic rings. The molecule has 1 aromatic heterocycles. The zero-order valence-electron chi connectivity index (χ0n) is 11.0. The first-order valence-corrected chi connectivity index (χ1v) is 5.76. The van der Waals surface area contributed by atoms with E-state index in [-0.39, 0.29) is 18.3 Å². The summed E-state index contributed by atoms with van der Waals surface area (Å²) in [6.45, 7) is 5.22. The summed E-state index contributed by atoms with van der Waals surface area (Å²) in [6, 6.07) is -0.250. The van der Waals surface area contributed by atoms with Crippen LogP contribution in [0.25, 0.3) is 0 Å². The van der Waals surface area contributed by atoms with Gasteiger partial charge in [0.2, 0.25) is 0 Å². The molecule has 0 amide bonds. The molecule has 7 heteroatoms. The molecule has 0 saturated heterocycles. The molecule has 0 spiro atoms. The second-order valence-electron chi connectivity index (χ2n) is 4.16. The monoisotopic (exact) mass is 263 g/mol. The second kappa shape index (κ2) is 5.73. The van der Waals surface area contributed by atoms with Crippen LogP contribution in [-0.2, 0) is 4.74 Å². The van der Waals surface area contributed by atoms with Crippen LogP contribution >= 0.6 is 0 Å². The van der Waals surface area contributed by atoms with Gasteiger partial charge in [0.1, 0.15) is 19.1 Å². The van der Waals surface area contributed by atoms with Gasteiger partial charge in [-0.3, -0.25) is 4.79 Å². The number of aromatic carboxylic acids is 1. The van der Waals surface area contributed by atoms with E-state index in [0.717, 1.165) is 6.20 Å². The normalized spacial score (nSPS) is 10.5. The second-order valence-corrected chi connectivity index (χ2v) is 4.16. The van der Waals surface area contributed by atoms with Crippen LogP contribution in [0, 0.1) is 0 Å². The summed E-state index contributed by atoms with van der Waals surface area (Å²) < 4.78 is 6.16. The lowest BCUT2D eigenvalue weighted by atomic mass is 9.91. The highest BCUT2D eigenvalue weighted by atomic mass is 16.5. The van der Waals surface area contributed by atoms with Gasteiger partial charge in [0, 0.05) is 12.2 Å². The van der Waals surface area contributed by atoms with Crippen molar-refractivity contribution in [1.82, 2.24) is 4.57 Å². The van der Waals surface area contributed by atoms with E-state index in [1.165, 1.54) is 4.57 Å². The van der Waals surface area contributed by atoms with Crippen molar-refractivity contribution >= 4 is 25.2 Å². The van der Waals surface area contributed by atoms with Crippen molar-refractivity contribution in [2.24, 2.45) is 0 Å². The van der Waals surface area contributed by atoms with Crippen LogP contribution in [0.4, 0.5) is 0 Å². The summed E-state index contributed by atoms with van der Waals surface area (Å²) in [5.41, 5.74) is -1.88. The highest BCUT2D eigenvalue weighted by molar-refractivity contribution is 6.36. The molecular formula is C12H14BNO5. The SMILES string of the molecule is [B]c1c(C(=O)OCC)n(C(C)C)cc(C(=O)O)c1=O. The number of carboxylic acid groups (broad SMARTS) is 1. The van der Waals surface area contributed by atoms with E-state index >= 15 is 0 Å². The average molecular weight is 263 g/mol. The lowest BCUT2D eigenvalue weighted by Crippen LogP contribution is -2.40. The number of ether oxygens (including phenoxy) is 1. The maximum Gasteiger partial charge on any atom is 0.354 e. The van der Waals surface area contributed by atoms with Gasteiger partial charge in [-0.1, -0.05) is 0 Å². The van der Waals surface area contributed by atoms with E-state index in [2.05, 4.69) is 0 Å². The van der Waals surface area contributed by atoms with Crippen LogP contribution < -0.4 is 10.9 Å². The van der Waals surface area contributed by atoms with Gasteiger partial charge in [0.05, 0.1) is 6.61 Å². The van der Waals surface area contributed by atoms with E-state index in [4.69, 9.17) is 17.7 Å². The molecule has 1 heterocycles. The highest BCUT2D eigenvalue weighted by Crippen LogP contribution is 2.09. The third-order valence-corrected chi connectivity index (χ3v) is 2.53. The van der Waals surface area contributed by atoms with Crippen LogP contribution in [0.15, 0.2) is 11.0 Å². The van der Waals surface area contributed by atoms with Gasteiger partial charge in [-0.25, -0.2) is 9.59 Å². The van der Waals surface area contributed by atoms with E-state index in [9.17, 15) is 14.4 Å². The third-order valence-electron chi connectivity index (χ3n) is 2.53. The highest BCUT2D eigenvalue weighted by Gasteiger charge is 2.22. The smallest absolute Gasteiger partial charge is 0.354 e. The number of hydrogen-bond donors (Lipinski definition) is 1. The molecule has 0 aliphatic heterocycles. The maximum atomic E-state index is 11.8. The quantitative estimate of drug-likeness (QED) is 0.615. The predicted molar refractivity (Wildman–Crippen MR) is 69.4 cm³/mol. The van der Waals surface area contributed by atoms with Crippen LogP contribution in [0.1, 0.15) is 47.7 Å². The summed E-state index contributed by atoms with van der Waals surface area (Å²) in [7, 11) is 5.59. The molecule has 100 valence electrons. The first kappa shape index (κ1) is 15.0. The van der Waals surface area contributed by atoms with Crippen LogP contribution in [0.3, 0.4) is 0 Å². The molecule has 1 aromatic rings. The van der Waals surface area contributed by atoms with E-state index in [0.29, 0.717) is 0 Å². The zero-order valence-corrected chi connectivity index (χ0v) is 11.0. The minimum absolute atomic E-state index is 0.119. The number of esters is 1. The molecule has 19 heavy (non-hydrogen) atoms. The third kappa shape index (κ3) is 2.86. The molecule has 1 N–H and O–H groups in total. The van der Waals surface area contributed by atoms with Crippen molar-refractivity contribution in [1.29, 1.82) is 0 Å². The van der Waals surface area contributed by atoms with Gasteiger partial charge in [-0.15, -0.1) is 0 Å². The fourth-order valence-electron chi connectivity index (χ4n) is 1.63. The summed E-state index contributed by atoms with van der Waals surface area (Å²) in [4.78, 5) is 34.6. The van der Waals surface area contributed by atoms with Crippen molar-refractivity contribution in [2.45, 2.75) is 26.8 Å². The van der Waals surface area contributed by atoms with Crippen LogP contribution in [-0.4, -0.2) is 36.1 Å². The van der Waals surface area contributed by atoms with Crippen molar-refractivity contribution in [3.05, 3.63) is 27.7 Å². The Hall–Kier alpha value is -2.05. The number of nitrogens with zero attached hydrogens (tertiary/aromatic N) is 1. The standard InChI is InChI=1S/C12H14BNO5/c1-4-19-12(18)9-8(13)10(15)7(11(16)17)5-14(9)6(2)3/h5-6H,4H2,1-3H3,(H,16,17). The Balaban J connectivity index is 3.62. The van der Waals surface area contributed by atoms with E-state index in [1.54, 1.807) is 20.8 Å². The van der Waals surface area contributed by atoms with Gasteiger partial charge in [0.15, 0.2) is 5.43 Å². The molecular weight excluding hydrogens is 249 g/mol. The molecule has 0 saturated carbocycles. The minimum atomic E-state index is -1.39. The number of carbonyl (C=O) groups excluding carboxylic acids is 1. The Kier molecular flexibility index (Phi) is 4.53. The van der Waals surface area contributed by atoms with E-state index in [1.807, 2.05) is 0 Å². The van der Waals surface area contributed by atoms with Crippen molar-refractivity contribution in [3.63, 3.8) is 0 Å². The molecule has 0 bridgehead atoms. The molecule has 6 nitrogen and oxygen atoms in total. The number of aromatic nitrogens is 1. The van der Waals surface area contributed by atoms with Crippen LogP contribution in [0.5, 0.6) is 0 Å². The minimum Gasteiger partial charge on any atom is -0.477 e. The Labute approximate surface area is 111 Å². The van der Waals surface area contributed by atoms with Crippen molar-refractivity contribution < 1.29 is 19.4 Å². The first-order chi connectivity index (χ1) is 8.81. The summed E-state index contributed by atoms with van der Waals surface area (Å²) in [5.74, 6) is -2.13. The molecule has 0 unspecified atom stereocenters. The van der Waals surface area contributed by atoms with Crippen LogP contribution in [0.2, 0.25) is 0 Å². The Morgan fingerprint density at radius 3 is 2.47 bits per heavy atom. The maximum absolute atomic E-state index is 11.8. The van der Waals surface area contributed by atoms with Gasteiger partial charge in [-0.2, -0.15) is 0 Å². The number of carbonyl (C=O) groups is 2. The molecule has 0 aromatic carbocycles.